The number of aliphatic hydroxyl groups is 1. The van der Waals surface area contributed by atoms with Crippen molar-refractivity contribution in [2.75, 3.05) is 12.9 Å². The average Bonchev–Trinajstić information content (AvgIpc) is 2.54. The van der Waals surface area contributed by atoms with Gasteiger partial charge in [0.25, 0.3) is 5.91 Å². The van der Waals surface area contributed by atoms with Gasteiger partial charge in [0, 0.05) is 35.5 Å². The molecule has 25 heavy (non-hydrogen) atoms. The van der Waals surface area contributed by atoms with E-state index >= 15 is 0 Å². The van der Waals surface area contributed by atoms with E-state index < -0.39 is 15.6 Å². The van der Waals surface area contributed by atoms with Crippen molar-refractivity contribution in [1.29, 1.82) is 0 Å². The third kappa shape index (κ3) is 5.24. The number of hydrogen-bond acceptors (Lipinski definition) is 4. The van der Waals surface area contributed by atoms with E-state index in [1.165, 1.54) is 18.6 Å². The van der Waals surface area contributed by atoms with E-state index in [2.05, 4.69) is 21.2 Å². The lowest BCUT2D eigenvalue weighted by molar-refractivity contribution is 0.100. The Morgan fingerprint density at radius 1 is 1.20 bits per heavy atom. The Morgan fingerprint density at radius 2 is 1.88 bits per heavy atom. The molecule has 1 unspecified atom stereocenters. The van der Waals surface area contributed by atoms with Crippen molar-refractivity contribution in [3.63, 3.8) is 0 Å². The topological polar surface area (TPSA) is 79.6 Å². The highest BCUT2D eigenvalue weighted by molar-refractivity contribution is 7.93. The highest BCUT2D eigenvalue weighted by atomic mass is 32.2. The Bertz CT molecular complexity index is 957. The van der Waals surface area contributed by atoms with Crippen molar-refractivity contribution in [2.24, 2.45) is 4.36 Å². The number of pyridine rings is 1. The fraction of sp³-hybridized carbons (Fsp3) is 0.263. The summed E-state index contributed by atoms with van der Waals surface area (Å²) in [7, 11) is -2.86. The molecule has 1 N–H and O–H groups in total. The van der Waals surface area contributed by atoms with Crippen LogP contribution in [0.5, 0.6) is 0 Å². The Kier molecular flexibility index (Phi) is 6.07. The molecule has 1 heterocycles. The Labute approximate surface area is 148 Å². The number of carbonyl (C=O) groups excluding carboxylic acids is 1. The summed E-state index contributed by atoms with van der Waals surface area (Å²) < 4.78 is 16.8. The lowest BCUT2D eigenvalue weighted by Crippen LogP contribution is -2.05. The van der Waals surface area contributed by atoms with Crippen LogP contribution in [-0.4, -0.2) is 33.1 Å². The first kappa shape index (κ1) is 18.8. The van der Waals surface area contributed by atoms with Gasteiger partial charge in [-0.1, -0.05) is 17.9 Å². The van der Waals surface area contributed by atoms with Gasteiger partial charge in [0.1, 0.15) is 0 Å². The predicted octanol–water partition coefficient (Wildman–Crippen LogP) is 2.73. The number of hydrogen-bond donors (Lipinski definition) is 1. The van der Waals surface area contributed by atoms with Crippen LogP contribution in [0.15, 0.2) is 45.9 Å². The molecule has 6 heteroatoms. The van der Waals surface area contributed by atoms with Gasteiger partial charge in [-0.25, -0.2) is 4.21 Å². The lowest BCUT2D eigenvalue weighted by atomic mass is 10.2. The third-order valence-electron chi connectivity index (χ3n) is 3.34. The zero-order valence-electron chi connectivity index (χ0n) is 14.4. The molecule has 0 saturated carbocycles. The summed E-state index contributed by atoms with van der Waals surface area (Å²) in [6, 6.07) is 7.09. The van der Waals surface area contributed by atoms with E-state index in [-0.39, 0.29) is 12.2 Å². The summed E-state index contributed by atoms with van der Waals surface area (Å²) in [6.07, 6.45) is 4.70. The maximum Gasteiger partial charge on any atom is 0.286 e. The normalized spacial score (nSPS) is 12.6. The van der Waals surface area contributed by atoms with Crippen LogP contribution in [-0.2, 0) is 9.73 Å². The molecular formula is C19H20N2O3S. The van der Waals surface area contributed by atoms with Crippen LogP contribution >= 0.6 is 0 Å². The van der Waals surface area contributed by atoms with Crippen molar-refractivity contribution in [2.45, 2.75) is 25.2 Å². The van der Waals surface area contributed by atoms with E-state index in [1.54, 1.807) is 18.2 Å². The molecule has 1 aromatic carbocycles. The number of nitrogens with zero attached hydrogens (tertiary/aromatic N) is 2. The Hall–Kier alpha value is -2.49. The zero-order valence-corrected chi connectivity index (χ0v) is 15.3. The first-order valence-corrected chi connectivity index (χ1v) is 9.64. The van der Waals surface area contributed by atoms with Gasteiger partial charge in [0.05, 0.1) is 21.9 Å². The van der Waals surface area contributed by atoms with Crippen LogP contribution in [0, 0.1) is 25.7 Å². The monoisotopic (exact) mass is 356 g/mol. The van der Waals surface area contributed by atoms with Crippen molar-refractivity contribution >= 4 is 15.6 Å². The molecule has 0 spiro atoms. The molecule has 2 aromatic rings. The zero-order chi connectivity index (χ0) is 18.4. The largest absolute Gasteiger partial charge is 0.395 e. The van der Waals surface area contributed by atoms with Crippen molar-refractivity contribution in [1.82, 2.24) is 4.98 Å². The number of aromatic nitrogens is 1. The molecule has 0 saturated heterocycles. The molecule has 1 atom stereocenters. The molecule has 0 aliphatic carbocycles. The van der Waals surface area contributed by atoms with E-state index in [0.29, 0.717) is 16.9 Å². The highest BCUT2D eigenvalue weighted by Gasteiger charge is 2.13. The summed E-state index contributed by atoms with van der Waals surface area (Å²) in [5.74, 6) is 4.99. The molecule has 2 rings (SSSR count). The van der Waals surface area contributed by atoms with Crippen molar-refractivity contribution in [3.05, 3.63) is 58.9 Å². The van der Waals surface area contributed by atoms with Gasteiger partial charge >= 0.3 is 0 Å². The predicted molar refractivity (Wildman–Crippen MR) is 97.8 cm³/mol. The van der Waals surface area contributed by atoms with Gasteiger partial charge in [0.2, 0.25) is 0 Å². The van der Waals surface area contributed by atoms with Crippen LogP contribution in [0.25, 0.3) is 0 Å². The molecule has 130 valence electrons. The molecule has 1 aromatic heterocycles. The minimum Gasteiger partial charge on any atom is -0.395 e. The van der Waals surface area contributed by atoms with Gasteiger partial charge in [-0.05, 0) is 43.2 Å². The van der Waals surface area contributed by atoms with E-state index in [0.717, 1.165) is 11.1 Å². The molecule has 5 nitrogen and oxygen atoms in total. The number of rotatable bonds is 3. The molecule has 0 bridgehead atoms. The molecular weight excluding hydrogens is 336 g/mol. The van der Waals surface area contributed by atoms with Gasteiger partial charge in [-0.3, -0.25) is 9.78 Å². The minimum atomic E-state index is -2.86. The van der Waals surface area contributed by atoms with Crippen LogP contribution in [0.2, 0.25) is 0 Å². The summed E-state index contributed by atoms with van der Waals surface area (Å²) in [4.78, 5) is 16.9. The molecule has 0 fully saturated rings. The fourth-order valence-corrected chi connectivity index (χ4v) is 3.60. The SMILES string of the molecule is Cc1cc(C)cc(S(C)(=O)=NC(=O)c2cncc(C#CCCO)c2)c1. The smallest absolute Gasteiger partial charge is 0.286 e. The van der Waals surface area contributed by atoms with Crippen LogP contribution in [0.3, 0.4) is 0 Å². The third-order valence-corrected chi connectivity index (χ3v) is 4.97. The van der Waals surface area contributed by atoms with Crippen LogP contribution in [0.1, 0.15) is 33.5 Å². The fourth-order valence-electron chi connectivity index (χ4n) is 2.26. The summed E-state index contributed by atoms with van der Waals surface area (Å²) in [5, 5.41) is 8.74. The van der Waals surface area contributed by atoms with Gasteiger partial charge in [-0.15, -0.1) is 0 Å². The maximum absolute atomic E-state index is 12.9. The Morgan fingerprint density at radius 3 is 2.52 bits per heavy atom. The van der Waals surface area contributed by atoms with E-state index in [1.807, 2.05) is 19.9 Å². The minimum absolute atomic E-state index is 0.0256. The number of benzene rings is 1. The van der Waals surface area contributed by atoms with Crippen LogP contribution < -0.4 is 0 Å². The Balaban J connectivity index is 2.37. The second-order valence-electron chi connectivity index (χ2n) is 5.76. The van der Waals surface area contributed by atoms with Gasteiger partial charge in [-0.2, -0.15) is 4.36 Å². The number of carbonyl (C=O) groups is 1. The van der Waals surface area contributed by atoms with Crippen molar-refractivity contribution in [3.8, 4) is 11.8 Å². The molecule has 0 radical (unpaired) electrons. The molecule has 0 aliphatic heterocycles. The number of aryl methyl sites for hydroxylation is 2. The molecule has 0 aliphatic rings. The first-order chi connectivity index (χ1) is 11.8. The average molecular weight is 356 g/mol. The van der Waals surface area contributed by atoms with Gasteiger partial charge < -0.3 is 5.11 Å². The lowest BCUT2D eigenvalue weighted by Gasteiger charge is -2.07. The summed E-state index contributed by atoms with van der Waals surface area (Å²) in [6.45, 7) is 3.79. The van der Waals surface area contributed by atoms with Crippen LogP contribution in [0.4, 0.5) is 0 Å². The number of aliphatic hydroxyl groups excluding tert-OH is 1. The van der Waals surface area contributed by atoms with Crippen molar-refractivity contribution < 1.29 is 14.1 Å². The van der Waals surface area contributed by atoms with Gasteiger partial charge in [0.15, 0.2) is 0 Å². The highest BCUT2D eigenvalue weighted by Crippen LogP contribution is 2.17. The summed E-state index contributed by atoms with van der Waals surface area (Å²) >= 11 is 0. The van der Waals surface area contributed by atoms with E-state index in [4.69, 9.17) is 5.11 Å². The quantitative estimate of drug-likeness (QED) is 0.858. The standard InChI is InChI=1S/C19H20N2O3S/c1-14-8-15(2)10-18(9-14)25(3,24)21-19(23)17-11-16(12-20-13-17)6-4-5-7-22/h8-13,22H,5,7H2,1-3H3. The first-order valence-electron chi connectivity index (χ1n) is 7.71. The van der Waals surface area contributed by atoms with E-state index in [9.17, 15) is 9.00 Å². The summed E-state index contributed by atoms with van der Waals surface area (Å²) in [5.41, 5.74) is 2.71. The molecule has 1 amide bonds. The second kappa shape index (κ2) is 8.06. The second-order valence-corrected chi connectivity index (χ2v) is 8.02. The maximum atomic E-state index is 12.9. The number of amides is 1.